The van der Waals surface area contributed by atoms with Crippen LogP contribution in [0.2, 0.25) is 5.02 Å². The van der Waals surface area contributed by atoms with E-state index in [-0.39, 0.29) is 11.8 Å². The monoisotopic (exact) mass is 416 g/mol. The highest BCUT2D eigenvalue weighted by atomic mass is 35.5. The number of rotatable bonds is 6. The fourth-order valence-corrected chi connectivity index (χ4v) is 3.63. The van der Waals surface area contributed by atoms with Crippen molar-refractivity contribution in [3.8, 4) is 11.5 Å². The highest BCUT2D eigenvalue weighted by molar-refractivity contribution is 6.30. The van der Waals surface area contributed by atoms with E-state index in [2.05, 4.69) is 0 Å². The largest absolute Gasteiger partial charge is 0.493 e. The fraction of sp³-hybridized carbons (Fsp3) is 0.364. The molecule has 1 aliphatic heterocycles. The molecule has 2 aromatic rings. The summed E-state index contributed by atoms with van der Waals surface area (Å²) in [5.41, 5.74) is 1.59. The number of halogens is 1. The molecule has 0 bridgehead atoms. The van der Waals surface area contributed by atoms with Gasteiger partial charge >= 0.3 is 0 Å². The Balaban J connectivity index is 1.53. The summed E-state index contributed by atoms with van der Waals surface area (Å²) in [5, 5.41) is 0.678. The zero-order valence-electron chi connectivity index (χ0n) is 16.7. The van der Waals surface area contributed by atoms with Crippen LogP contribution in [0.5, 0.6) is 11.5 Å². The number of ether oxygens (including phenoxy) is 2. The highest BCUT2D eigenvalue weighted by Crippen LogP contribution is 2.28. The number of aryl methyl sites for hydroxylation is 1. The Hall–Kier alpha value is -2.73. The van der Waals surface area contributed by atoms with Crippen molar-refractivity contribution in [2.75, 3.05) is 40.4 Å². The molecule has 0 aliphatic carbocycles. The van der Waals surface area contributed by atoms with Crippen molar-refractivity contribution in [3.05, 3.63) is 58.6 Å². The van der Waals surface area contributed by atoms with Crippen LogP contribution in [0, 0.1) is 0 Å². The third-order valence-electron chi connectivity index (χ3n) is 5.07. The molecule has 7 heteroatoms. The average molecular weight is 417 g/mol. The summed E-state index contributed by atoms with van der Waals surface area (Å²) in [6.45, 7) is 2.09. The molecular formula is C22H25ClN2O4. The Morgan fingerprint density at radius 1 is 0.931 bits per heavy atom. The van der Waals surface area contributed by atoms with Gasteiger partial charge in [0.15, 0.2) is 11.5 Å². The molecule has 0 atom stereocenters. The van der Waals surface area contributed by atoms with E-state index >= 15 is 0 Å². The first-order valence-electron chi connectivity index (χ1n) is 9.55. The second-order valence-electron chi connectivity index (χ2n) is 6.87. The fourth-order valence-electron chi connectivity index (χ4n) is 3.41. The van der Waals surface area contributed by atoms with Gasteiger partial charge in [0.1, 0.15) is 0 Å². The minimum Gasteiger partial charge on any atom is -0.493 e. The molecule has 6 nitrogen and oxygen atoms in total. The van der Waals surface area contributed by atoms with Crippen LogP contribution in [0.15, 0.2) is 42.5 Å². The normalized spacial score (nSPS) is 13.9. The lowest BCUT2D eigenvalue weighted by Gasteiger charge is -2.35. The molecule has 0 unspecified atom stereocenters. The lowest BCUT2D eigenvalue weighted by atomic mass is 10.1. The van der Waals surface area contributed by atoms with Gasteiger partial charge in [-0.2, -0.15) is 0 Å². The first-order chi connectivity index (χ1) is 14.0. The smallest absolute Gasteiger partial charge is 0.254 e. The summed E-state index contributed by atoms with van der Waals surface area (Å²) in [4.78, 5) is 28.9. The summed E-state index contributed by atoms with van der Waals surface area (Å²) in [7, 11) is 3.10. The van der Waals surface area contributed by atoms with E-state index in [1.807, 2.05) is 29.2 Å². The van der Waals surface area contributed by atoms with E-state index in [4.69, 9.17) is 21.1 Å². The SMILES string of the molecule is COc1ccc(C(=O)N2CCN(C(=O)CCc3cccc(Cl)c3)CC2)cc1OC. The van der Waals surface area contributed by atoms with Gasteiger partial charge in [-0.15, -0.1) is 0 Å². The molecule has 0 N–H and O–H groups in total. The van der Waals surface area contributed by atoms with Crippen molar-refractivity contribution in [1.29, 1.82) is 0 Å². The summed E-state index contributed by atoms with van der Waals surface area (Å²) in [6.07, 6.45) is 1.09. The predicted octanol–water partition coefficient (Wildman–Crippen LogP) is 3.27. The molecule has 2 aromatic carbocycles. The molecule has 0 saturated carbocycles. The van der Waals surface area contributed by atoms with Crippen molar-refractivity contribution in [2.24, 2.45) is 0 Å². The number of methoxy groups -OCH3 is 2. The van der Waals surface area contributed by atoms with Crippen LogP contribution < -0.4 is 9.47 Å². The van der Waals surface area contributed by atoms with Crippen molar-refractivity contribution in [3.63, 3.8) is 0 Å². The van der Waals surface area contributed by atoms with E-state index in [0.717, 1.165) is 5.56 Å². The first-order valence-corrected chi connectivity index (χ1v) is 9.93. The van der Waals surface area contributed by atoms with E-state index in [1.54, 1.807) is 37.3 Å². The first kappa shape index (κ1) is 21.0. The number of benzene rings is 2. The maximum atomic E-state index is 12.8. The average Bonchev–Trinajstić information content (AvgIpc) is 2.76. The lowest BCUT2D eigenvalue weighted by Crippen LogP contribution is -2.50. The zero-order valence-corrected chi connectivity index (χ0v) is 17.4. The van der Waals surface area contributed by atoms with Crippen LogP contribution in [0.25, 0.3) is 0 Å². The molecule has 0 radical (unpaired) electrons. The number of carbonyl (C=O) groups is 2. The van der Waals surface area contributed by atoms with E-state index in [0.29, 0.717) is 61.1 Å². The standard InChI is InChI=1S/C22H25ClN2O4/c1-28-19-8-7-17(15-20(19)29-2)22(27)25-12-10-24(11-13-25)21(26)9-6-16-4-3-5-18(23)14-16/h3-5,7-8,14-15H,6,9-13H2,1-2H3. The minimum atomic E-state index is -0.0722. The zero-order chi connectivity index (χ0) is 20.8. The molecule has 29 heavy (non-hydrogen) atoms. The summed E-state index contributed by atoms with van der Waals surface area (Å²) in [6, 6.07) is 12.7. The van der Waals surface area contributed by atoms with Crippen molar-refractivity contribution in [1.82, 2.24) is 9.80 Å². The number of hydrogen-bond donors (Lipinski definition) is 0. The second kappa shape index (κ2) is 9.65. The molecule has 154 valence electrons. The number of hydrogen-bond acceptors (Lipinski definition) is 4. The lowest BCUT2D eigenvalue weighted by molar-refractivity contribution is -0.132. The molecule has 1 fully saturated rings. The maximum absolute atomic E-state index is 12.8. The molecule has 3 rings (SSSR count). The van der Waals surface area contributed by atoms with Gasteiger partial charge in [-0.1, -0.05) is 23.7 Å². The van der Waals surface area contributed by atoms with Gasteiger partial charge in [0.25, 0.3) is 5.91 Å². The van der Waals surface area contributed by atoms with E-state index in [1.165, 1.54) is 0 Å². The maximum Gasteiger partial charge on any atom is 0.254 e. The Labute approximate surface area is 176 Å². The molecule has 0 aromatic heterocycles. The number of amides is 2. The van der Waals surface area contributed by atoms with Crippen LogP contribution in [-0.4, -0.2) is 62.0 Å². The minimum absolute atomic E-state index is 0.0722. The summed E-state index contributed by atoms with van der Waals surface area (Å²) < 4.78 is 10.5. The Bertz CT molecular complexity index is 879. The number of nitrogens with zero attached hydrogens (tertiary/aromatic N) is 2. The highest BCUT2D eigenvalue weighted by Gasteiger charge is 2.25. The van der Waals surface area contributed by atoms with Gasteiger partial charge in [0.2, 0.25) is 5.91 Å². The van der Waals surface area contributed by atoms with E-state index < -0.39 is 0 Å². The molecule has 1 saturated heterocycles. The van der Waals surface area contributed by atoms with Gasteiger partial charge in [-0.3, -0.25) is 9.59 Å². The molecular weight excluding hydrogens is 392 g/mol. The van der Waals surface area contributed by atoms with Gasteiger partial charge < -0.3 is 19.3 Å². The van der Waals surface area contributed by atoms with Crippen molar-refractivity contribution < 1.29 is 19.1 Å². The van der Waals surface area contributed by atoms with Gasteiger partial charge in [0, 0.05) is 43.2 Å². The van der Waals surface area contributed by atoms with Crippen LogP contribution in [0.3, 0.4) is 0 Å². The summed E-state index contributed by atoms with van der Waals surface area (Å²) >= 11 is 5.99. The van der Waals surface area contributed by atoms with Crippen LogP contribution in [-0.2, 0) is 11.2 Å². The van der Waals surface area contributed by atoms with Gasteiger partial charge in [-0.25, -0.2) is 0 Å². The topological polar surface area (TPSA) is 59.1 Å². The molecule has 2 amide bonds. The molecule has 1 heterocycles. The number of carbonyl (C=O) groups excluding carboxylic acids is 2. The third-order valence-corrected chi connectivity index (χ3v) is 5.30. The summed E-state index contributed by atoms with van der Waals surface area (Å²) in [5.74, 6) is 1.13. The van der Waals surface area contributed by atoms with Gasteiger partial charge in [-0.05, 0) is 42.3 Å². The molecule has 0 spiro atoms. The van der Waals surface area contributed by atoms with Crippen LogP contribution in [0.1, 0.15) is 22.3 Å². The predicted molar refractivity (Wildman–Crippen MR) is 112 cm³/mol. The van der Waals surface area contributed by atoms with Gasteiger partial charge in [0.05, 0.1) is 14.2 Å². The van der Waals surface area contributed by atoms with E-state index in [9.17, 15) is 9.59 Å². The quantitative estimate of drug-likeness (QED) is 0.725. The Morgan fingerprint density at radius 3 is 2.28 bits per heavy atom. The van der Waals surface area contributed by atoms with Crippen LogP contribution >= 0.6 is 11.6 Å². The molecule has 1 aliphatic rings. The third kappa shape index (κ3) is 5.21. The Morgan fingerprint density at radius 2 is 1.62 bits per heavy atom. The Kier molecular flexibility index (Phi) is 6.99. The van der Waals surface area contributed by atoms with Crippen molar-refractivity contribution in [2.45, 2.75) is 12.8 Å². The second-order valence-corrected chi connectivity index (χ2v) is 7.31. The van der Waals surface area contributed by atoms with Crippen molar-refractivity contribution >= 4 is 23.4 Å². The number of piperazine rings is 1. The van der Waals surface area contributed by atoms with Crippen LogP contribution in [0.4, 0.5) is 0 Å².